The molecule has 0 aliphatic carbocycles. The highest BCUT2D eigenvalue weighted by Crippen LogP contribution is 2.32. The molecule has 2 heteroatoms. The van der Waals surface area contributed by atoms with Gasteiger partial charge in [0.05, 0.1) is 10.9 Å². The lowest BCUT2D eigenvalue weighted by Gasteiger charge is -2.24. The number of pyridine rings is 1. The van der Waals surface area contributed by atoms with Crippen LogP contribution in [0, 0.1) is 13.8 Å². The fraction of sp³-hybridized carbons (Fsp3) is 0.156. The van der Waals surface area contributed by atoms with Gasteiger partial charge in [0.15, 0.2) is 5.69 Å². The van der Waals surface area contributed by atoms with Gasteiger partial charge in [0.2, 0.25) is 5.69 Å². The molecule has 0 aliphatic rings. The van der Waals surface area contributed by atoms with Crippen LogP contribution < -0.4 is 14.9 Å². The summed E-state index contributed by atoms with van der Waals surface area (Å²) in [6.07, 6.45) is 0. The lowest BCUT2D eigenvalue weighted by atomic mass is 9.94. The van der Waals surface area contributed by atoms with Crippen molar-refractivity contribution >= 4 is 29.2 Å². The van der Waals surface area contributed by atoms with Crippen LogP contribution in [0.2, 0.25) is 13.1 Å². The Morgan fingerprint density at radius 2 is 1.29 bits per heavy atom. The van der Waals surface area contributed by atoms with Crippen molar-refractivity contribution in [1.29, 1.82) is 0 Å². The lowest BCUT2D eigenvalue weighted by Crippen LogP contribution is -2.52. The van der Waals surface area contributed by atoms with E-state index >= 15 is 0 Å². The lowest BCUT2D eigenvalue weighted by molar-refractivity contribution is -0.665. The van der Waals surface area contributed by atoms with Gasteiger partial charge in [0.1, 0.15) is 15.1 Å². The Balaban J connectivity index is 1.71. The maximum Gasteiger partial charge on any atom is 0.220 e. The van der Waals surface area contributed by atoms with Crippen LogP contribution in [0.3, 0.4) is 0 Å². The number of hydrogen-bond donors (Lipinski definition) is 0. The van der Waals surface area contributed by atoms with E-state index in [0.29, 0.717) is 0 Å². The first kappa shape index (κ1) is 22.3. The summed E-state index contributed by atoms with van der Waals surface area (Å²) in [5.41, 5.74) is 7.65. The fourth-order valence-corrected chi connectivity index (χ4v) is 7.38. The van der Waals surface area contributed by atoms with E-state index < -0.39 is 8.07 Å². The number of rotatable bonds is 4. The van der Waals surface area contributed by atoms with E-state index in [1.807, 2.05) is 0 Å². The second-order valence-corrected chi connectivity index (χ2v) is 14.3. The molecular weight excluding hydrogens is 426 g/mol. The second-order valence-electron chi connectivity index (χ2n) is 9.88. The molecule has 168 valence electrons. The van der Waals surface area contributed by atoms with Gasteiger partial charge in [-0.05, 0) is 41.1 Å². The first-order valence-electron chi connectivity index (χ1n) is 12.0. The fourth-order valence-electron chi connectivity index (χ4n) is 5.00. The number of nitrogens with zero attached hydrogens (tertiary/aromatic N) is 1. The summed E-state index contributed by atoms with van der Waals surface area (Å²) in [5, 5.41) is 5.58. The van der Waals surface area contributed by atoms with Gasteiger partial charge >= 0.3 is 0 Å². The smallest absolute Gasteiger partial charge is 0.198 e. The standard InChI is InChI=1S/C32H32NSi/c1-23-16-17-26(25-12-8-6-9-13-25)22-31(23)32-30-19-18-29(21-27(30)20-24(2)33(32)3)34(4,5)28-14-10-7-11-15-28/h6-22H,1-5H3/q+1. The van der Waals surface area contributed by atoms with E-state index in [9.17, 15) is 0 Å². The summed E-state index contributed by atoms with van der Waals surface area (Å²) >= 11 is 0. The number of benzene rings is 4. The first-order valence-corrected chi connectivity index (χ1v) is 15.0. The Bertz CT molecular complexity index is 1480. The Morgan fingerprint density at radius 1 is 0.618 bits per heavy atom. The van der Waals surface area contributed by atoms with Gasteiger partial charge in [-0.25, -0.2) is 0 Å². The second kappa shape index (κ2) is 8.70. The topological polar surface area (TPSA) is 3.88 Å². The number of aryl methyl sites for hydroxylation is 2. The molecule has 1 nitrogen and oxygen atoms in total. The zero-order valence-electron chi connectivity index (χ0n) is 20.8. The van der Waals surface area contributed by atoms with E-state index in [0.717, 1.165) is 0 Å². The summed E-state index contributed by atoms with van der Waals surface area (Å²) in [4.78, 5) is 0. The normalized spacial score (nSPS) is 11.7. The number of hydrogen-bond acceptors (Lipinski definition) is 0. The quantitative estimate of drug-likeness (QED) is 0.216. The molecule has 0 radical (unpaired) electrons. The minimum atomic E-state index is -1.77. The molecule has 0 atom stereocenters. The molecule has 4 aromatic carbocycles. The van der Waals surface area contributed by atoms with Gasteiger partial charge in [-0.3, -0.25) is 0 Å². The van der Waals surface area contributed by atoms with Gasteiger partial charge < -0.3 is 0 Å². The van der Waals surface area contributed by atoms with E-state index in [1.165, 1.54) is 54.8 Å². The van der Waals surface area contributed by atoms with Crippen molar-refractivity contribution in [2.45, 2.75) is 26.9 Å². The Kier molecular flexibility index (Phi) is 5.71. The third kappa shape index (κ3) is 3.89. The first-order chi connectivity index (χ1) is 16.4. The van der Waals surface area contributed by atoms with E-state index in [4.69, 9.17) is 0 Å². The van der Waals surface area contributed by atoms with Crippen LogP contribution in [0.15, 0.2) is 103 Å². The highest BCUT2D eigenvalue weighted by atomic mass is 28.3. The van der Waals surface area contributed by atoms with Crippen LogP contribution in [-0.2, 0) is 7.05 Å². The third-order valence-corrected chi connectivity index (χ3v) is 10.9. The maximum atomic E-state index is 2.45. The van der Waals surface area contributed by atoms with Crippen LogP contribution in [0.1, 0.15) is 11.3 Å². The molecule has 5 rings (SSSR count). The molecule has 5 aromatic rings. The predicted octanol–water partition coefficient (Wildman–Crippen LogP) is 6.44. The van der Waals surface area contributed by atoms with Crippen molar-refractivity contribution < 1.29 is 4.57 Å². The zero-order valence-corrected chi connectivity index (χ0v) is 21.8. The van der Waals surface area contributed by atoms with Crippen molar-refractivity contribution in [1.82, 2.24) is 0 Å². The highest BCUT2D eigenvalue weighted by Gasteiger charge is 2.27. The number of fused-ring (bicyclic) bond motifs is 1. The molecule has 0 spiro atoms. The van der Waals surface area contributed by atoms with Gasteiger partial charge in [0, 0.05) is 13.0 Å². The summed E-state index contributed by atoms with van der Waals surface area (Å²) in [6.45, 7) is 9.34. The van der Waals surface area contributed by atoms with Crippen molar-refractivity contribution in [2.75, 3.05) is 0 Å². The largest absolute Gasteiger partial charge is 0.220 e. The molecule has 0 aliphatic heterocycles. The molecule has 0 amide bonds. The average Bonchev–Trinajstić information content (AvgIpc) is 2.86. The molecule has 34 heavy (non-hydrogen) atoms. The average molecular weight is 459 g/mol. The minimum absolute atomic E-state index is 1.25. The molecule has 0 saturated carbocycles. The molecular formula is C32H32NSi+. The SMILES string of the molecule is Cc1ccc(-c2ccccc2)cc1-c1c2ccc([Si](C)(C)c3ccccc3)cc2cc(C)[n+]1C. The predicted molar refractivity (Wildman–Crippen MR) is 149 cm³/mol. The van der Waals surface area contributed by atoms with Gasteiger partial charge in [0.25, 0.3) is 0 Å². The summed E-state index contributed by atoms with van der Waals surface area (Å²) in [5.74, 6) is 0. The van der Waals surface area contributed by atoms with E-state index in [-0.39, 0.29) is 0 Å². The molecule has 0 N–H and O–H groups in total. The van der Waals surface area contributed by atoms with Crippen molar-refractivity contribution in [2.24, 2.45) is 7.05 Å². The Hall–Kier alpha value is -3.49. The van der Waals surface area contributed by atoms with Crippen LogP contribution in [0.25, 0.3) is 33.2 Å². The van der Waals surface area contributed by atoms with Crippen molar-refractivity contribution in [3.63, 3.8) is 0 Å². The molecule has 0 unspecified atom stereocenters. The van der Waals surface area contributed by atoms with Crippen LogP contribution in [0.4, 0.5) is 0 Å². The zero-order chi connectivity index (χ0) is 23.9. The number of aromatic nitrogens is 1. The van der Waals surface area contributed by atoms with E-state index in [2.05, 4.69) is 142 Å². The van der Waals surface area contributed by atoms with Crippen molar-refractivity contribution in [3.8, 4) is 22.4 Å². The Labute approximate surface area is 204 Å². The highest BCUT2D eigenvalue weighted by molar-refractivity contribution is 7.00. The van der Waals surface area contributed by atoms with Gasteiger partial charge in [-0.1, -0.05) is 108 Å². The molecule has 0 saturated heterocycles. The van der Waals surface area contributed by atoms with Crippen LogP contribution >= 0.6 is 0 Å². The monoisotopic (exact) mass is 458 g/mol. The van der Waals surface area contributed by atoms with Gasteiger partial charge in [-0.15, -0.1) is 0 Å². The summed E-state index contributed by atoms with van der Waals surface area (Å²) in [7, 11) is 0.419. The van der Waals surface area contributed by atoms with Gasteiger partial charge in [-0.2, -0.15) is 4.57 Å². The maximum absolute atomic E-state index is 2.45. The molecule has 1 heterocycles. The van der Waals surface area contributed by atoms with Crippen LogP contribution in [-0.4, -0.2) is 8.07 Å². The van der Waals surface area contributed by atoms with E-state index in [1.54, 1.807) is 0 Å². The summed E-state index contributed by atoms with van der Waals surface area (Å²) in [6, 6.07) is 38.0. The minimum Gasteiger partial charge on any atom is -0.198 e. The van der Waals surface area contributed by atoms with Crippen molar-refractivity contribution in [3.05, 3.63) is 114 Å². The molecule has 1 aromatic heterocycles. The summed E-state index contributed by atoms with van der Waals surface area (Å²) < 4.78 is 2.35. The third-order valence-electron chi connectivity index (χ3n) is 7.35. The molecule has 0 bridgehead atoms. The Morgan fingerprint density at radius 3 is 2.00 bits per heavy atom. The van der Waals surface area contributed by atoms with Crippen LogP contribution in [0.5, 0.6) is 0 Å². The molecule has 0 fully saturated rings.